The Bertz CT molecular complexity index is 2690. The summed E-state index contributed by atoms with van der Waals surface area (Å²) in [5, 5.41) is 17.7. The molecule has 5 heterocycles. The first-order valence-corrected chi connectivity index (χ1v) is 19.4. The molecule has 286 valence electrons. The fraction of sp³-hybridized carbons (Fsp3) is 0.273. The van der Waals surface area contributed by atoms with E-state index in [0.29, 0.717) is 54.5 Å². The number of rotatable bonds is 10. The number of nitrogens with zero attached hydrogens (tertiary/aromatic N) is 6. The van der Waals surface area contributed by atoms with E-state index < -0.39 is 5.97 Å². The molecule has 3 aromatic carbocycles. The topological polar surface area (TPSA) is 107 Å². The first-order chi connectivity index (χ1) is 26.8. The van der Waals surface area contributed by atoms with Crippen LogP contribution >= 0.6 is 23.2 Å². The summed E-state index contributed by atoms with van der Waals surface area (Å²) in [6.07, 6.45) is 4.91. The van der Waals surface area contributed by atoms with Crippen LogP contribution in [0.4, 0.5) is 5.69 Å². The Morgan fingerprint density at radius 1 is 0.982 bits per heavy atom. The molecule has 1 unspecified atom stereocenters. The van der Waals surface area contributed by atoms with Crippen molar-refractivity contribution in [1.29, 1.82) is 0 Å². The van der Waals surface area contributed by atoms with Gasteiger partial charge in [0.2, 0.25) is 0 Å². The quantitative estimate of drug-likeness (QED) is 0.138. The lowest BCUT2D eigenvalue weighted by molar-refractivity contribution is 0.0696. The molecule has 12 heteroatoms. The van der Waals surface area contributed by atoms with Crippen LogP contribution in [0.1, 0.15) is 74.0 Å². The fourth-order valence-electron chi connectivity index (χ4n) is 8.35. The minimum absolute atomic E-state index is 0.139. The van der Waals surface area contributed by atoms with Gasteiger partial charge in [0.05, 0.1) is 51.8 Å². The summed E-state index contributed by atoms with van der Waals surface area (Å²) in [6.45, 7) is 11.3. The summed E-state index contributed by atoms with van der Waals surface area (Å²) < 4.78 is 12.3. The van der Waals surface area contributed by atoms with Crippen LogP contribution in [-0.2, 0) is 20.0 Å². The first-order valence-electron chi connectivity index (χ1n) is 18.7. The molecule has 0 spiro atoms. The Labute approximate surface area is 334 Å². The molecule has 1 atom stereocenters. The van der Waals surface area contributed by atoms with Gasteiger partial charge in [0, 0.05) is 64.6 Å². The SMILES string of the molecule is Cc1cc(OCCCc2c3n(c4c(-c5c(C)nn(C)c5C)c(Cl)ccc24)C(C)CN(c2cn(Cc4ccccn4)c4cc(C(=O)O)ccc24)C3=O)cc(C)c1Cl. The molecule has 1 aliphatic heterocycles. The smallest absolute Gasteiger partial charge is 0.335 e. The molecule has 0 bridgehead atoms. The van der Waals surface area contributed by atoms with Gasteiger partial charge in [-0.2, -0.15) is 5.10 Å². The molecule has 1 aliphatic rings. The van der Waals surface area contributed by atoms with Gasteiger partial charge >= 0.3 is 5.97 Å². The number of carbonyl (C=O) groups is 2. The zero-order valence-electron chi connectivity index (χ0n) is 32.2. The standard InChI is InChI=1S/C44H42Cl2N6O4/c1-24-18-31(19-25(2)40(24)46)56-17-9-11-32-33-14-15-35(45)39(38-27(4)48-49(6)28(38)5)41(33)52-26(3)21-51(43(53)42(32)52)37-23-50(22-30-10-7-8-16-47-30)36-20-29(44(54)55)12-13-34(36)37/h7-8,10,12-16,18-20,23,26H,9,11,17,21-22H2,1-6H3,(H,54,55). The molecule has 1 N–H and O–H groups in total. The van der Waals surface area contributed by atoms with Crippen molar-refractivity contribution in [2.45, 2.75) is 60.0 Å². The van der Waals surface area contributed by atoms with E-state index in [-0.39, 0.29) is 17.5 Å². The van der Waals surface area contributed by atoms with Crippen molar-refractivity contribution in [3.63, 3.8) is 0 Å². The van der Waals surface area contributed by atoms with Gasteiger partial charge < -0.3 is 23.9 Å². The lowest BCUT2D eigenvalue weighted by atomic mass is 9.98. The second-order valence-corrected chi connectivity index (χ2v) is 15.6. The zero-order chi connectivity index (χ0) is 39.6. The third kappa shape index (κ3) is 6.30. The van der Waals surface area contributed by atoms with Crippen LogP contribution in [0.25, 0.3) is 32.9 Å². The van der Waals surface area contributed by atoms with Crippen molar-refractivity contribution in [1.82, 2.24) is 23.9 Å². The summed E-state index contributed by atoms with van der Waals surface area (Å²) in [5.41, 5.74) is 10.4. The molecule has 56 heavy (non-hydrogen) atoms. The zero-order valence-corrected chi connectivity index (χ0v) is 33.7. The minimum Gasteiger partial charge on any atom is -0.494 e. The number of carbonyl (C=O) groups excluding carboxylic acids is 1. The van der Waals surface area contributed by atoms with Gasteiger partial charge in [-0.3, -0.25) is 14.5 Å². The Kier molecular flexibility index (Phi) is 9.66. The Hall–Kier alpha value is -5.58. The summed E-state index contributed by atoms with van der Waals surface area (Å²) in [6, 6.07) is 18.5. The number of benzene rings is 3. The number of ether oxygens (including phenoxy) is 1. The van der Waals surface area contributed by atoms with Gasteiger partial charge in [0.1, 0.15) is 11.4 Å². The largest absolute Gasteiger partial charge is 0.494 e. The first kappa shape index (κ1) is 37.3. The van der Waals surface area contributed by atoms with Crippen LogP contribution in [0.3, 0.4) is 0 Å². The molecule has 4 aromatic heterocycles. The number of aromatic nitrogens is 5. The molecule has 1 amide bonds. The number of pyridine rings is 1. The molecule has 8 rings (SSSR count). The van der Waals surface area contributed by atoms with Crippen LogP contribution in [0.15, 0.2) is 73.1 Å². The molecule has 0 saturated heterocycles. The van der Waals surface area contributed by atoms with Gasteiger partial charge in [0.15, 0.2) is 0 Å². The normalized spacial score (nSPS) is 14.2. The minimum atomic E-state index is -1.02. The van der Waals surface area contributed by atoms with E-state index in [0.717, 1.165) is 72.0 Å². The number of halogens is 2. The van der Waals surface area contributed by atoms with E-state index in [4.69, 9.17) is 33.0 Å². The third-order valence-electron chi connectivity index (χ3n) is 11.0. The maximum Gasteiger partial charge on any atom is 0.335 e. The van der Waals surface area contributed by atoms with E-state index in [1.807, 2.05) is 97.6 Å². The van der Waals surface area contributed by atoms with E-state index in [9.17, 15) is 9.90 Å². The highest BCUT2D eigenvalue weighted by Gasteiger charge is 2.38. The van der Waals surface area contributed by atoms with Gasteiger partial charge in [-0.25, -0.2) is 4.79 Å². The Morgan fingerprint density at radius 2 is 1.73 bits per heavy atom. The average Bonchev–Trinajstić information content (AvgIpc) is 3.78. The van der Waals surface area contributed by atoms with Crippen molar-refractivity contribution in [2.24, 2.45) is 7.05 Å². The Morgan fingerprint density at radius 3 is 2.41 bits per heavy atom. The summed E-state index contributed by atoms with van der Waals surface area (Å²) in [4.78, 5) is 33.7. The van der Waals surface area contributed by atoms with Crippen LogP contribution in [0.2, 0.25) is 10.0 Å². The van der Waals surface area contributed by atoms with Crippen LogP contribution in [0, 0.1) is 27.7 Å². The van der Waals surface area contributed by atoms with E-state index in [1.54, 1.807) is 24.4 Å². The number of hydrogen-bond donors (Lipinski definition) is 1. The van der Waals surface area contributed by atoms with Crippen molar-refractivity contribution >= 4 is 62.6 Å². The van der Waals surface area contributed by atoms with Crippen molar-refractivity contribution in [3.8, 4) is 16.9 Å². The van der Waals surface area contributed by atoms with Crippen LogP contribution < -0.4 is 9.64 Å². The Balaban J connectivity index is 1.27. The summed E-state index contributed by atoms with van der Waals surface area (Å²) >= 11 is 13.6. The molecule has 0 fully saturated rings. The van der Waals surface area contributed by atoms with E-state index in [1.165, 1.54) is 0 Å². The van der Waals surface area contributed by atoms with Crippen molar-refractivity contribution in [2.75, 3.05) is 18.1 Å². The van der Waals surface area contributed by atoms with Crippen LogP contribution in [0.5, 0.6) is 5.75 Å². The highest BCUT2D eigenvalue weighted by molar-refractivity contribution is 6.35. The summed E-state index contributed by atoms with van der Waals surface area (Å²) in [7, 11) is 1.93. The maximum atomic E-state index is 15.3. The fourth-order valence-corrected chi connectivity index (χ4v) is 8.71. The molecule has 10 nitrogen and oxygen atoms in total. The number of anilines is 1. The third-order valence-corrected chi connectivity index (χ3v) is 11.9. The maximum absolute atomic E-state index is 15.3. The van der Waals surface area contributed by atoms with Gasteiger partial charge in [-0.1, -0.05) is 35.3 Å². The number of hydrogen-bond acceptors (Lipinski definition) is 5. The number of carboxylic acids is 1. The van der Waals surface area contributed by atoms with Crippen LogP contribution in [-0.4, -0.2) is 54.0 Å². The number of fused-ring (bicyclic) bond motifs is 4. The van der Waals surface area contributed by atoms with Gasteiger partial charge in [0.25, 0.3) is 5.91 Å². The molecule has 0 aliphatic carbocycles. The molecule has 0 saturated carbocycles. The molecular weight excluding hydrogens is 747 g/mol. The molecular formula is C44H42Cl2N6O4. The van der Waals surface area contributed by atoms with E-state index in [2.05, 4.69) is 16.5 Å². The van der Waals surface area contributed by atoms with Crippen molar-refractivity contribution < 1.29 is 19.4 Å². The predicted molar refractivity (Wildman–Crippen MR) is 222 cm³/mol. The number of carboxylic acid groups (broad SMARTS) is 1. The highest BCUT2D eigenvalue weighted by atomic mass is 35.5. The molecule has 7 aromatic rings. The monoisotopic (exact) mass is 788 g/mol. The number of aryl methyl sites for hydroxylation is 5. The number of amides is 1. The van der Waals surface area contributed by atoms with E-state index >= 15 is 4.79 Å². The average molecular weight is 790 g/mol. The molecule has 0 radical (unpaired) electrons. The van der Waals surface area contributed by atoms with Gasteiger partial charge in [-0.05, 0) is 113 Å². The van der Waals surface area contributed by atoms with Crippen molar-refractivity contribution in [3.05, 3.63) is 128 Å². The highest BCUT2D eigenvalue weighted by Crippen LogP contribution is 2.46. The second-order valence-electron chi connectivity index (χ2n) is 14.8. The second kappa shape index (κ2) is 14.5. The predicted octanol–water partition coefficient (Wildman–Crippen LogP) is 9.91. The summed E-state index contributed by atoms with van der Waals surface area (Å²) in [5.74, 6) is -0.399. The lowest BCUT2D eigenvalue weighted by Crippen LogP contribution is -2.42. The van der Waals surface area contributed by atoms with Gasteiger partial charge in [-0.15, -0.1) is 0 Å². The number of aromatic carboxylic acids is 1. The lowest BCUT2D eigenvalue weighted by Gasteiger charge is -2.34.